The van der Waals surface area contributed by atoms with Crippen LogP contribution in [0.25, 0.3) is 0 Å². The number of benzene rings is 2. The van der Waals surface area contributed by atoms with Crippen LogP contribution in [0.5, 0.6) is 0 Å². The quantitative estimate of drug-likeness (QED) is 0.852. The van der Waals surface area contributed by atoms with Crippen molar-refractivity contribution in [3.8, 4) is 0 Å². The number of nitrogens with zero attached hydrogens (tertiary/aromatic N) is 2. The standard InChI is InChI=1S/C25H33N3/c1-2-8-20(9-3-1)17-28-18-22-12-7-15-27(22)19-23(28)16-26-25-14-6-11-21-10-4-5-13-24(21)25/h1-5,8-10,13,22-23,25-26H,6-7,11-12,14-19H2/t22-,23-,25-/m1/s1. The van der Waals surface area contributed by atoms with Crippen molar-refractivity contribution in [1.82, 2.24) is 15.1 Å². The predicted molar refractivity (Wildman–Crippen MR) is 115 cm³/mol. The molecule has 0 radical (unpaired) electrons. The maximum absolute atomic E-state index is 3.97. The van der Waals surface area contributed by atoms with Crippen molar-refractivity contribution < 1.29 is 0 Å². The Morgan fingerprint density at radius 3 is 2.68 bits per heavy atom. The Labute approximate surface area is 169 Å². The van der Waals surface area contributed by atoms with Gasteiger partial charge in [0.2, 0.25) is 0 Å². The first-order chi connectivity index (χ1) is 13.9. The van der Waals surface area contributed by atoms with E-state index >= 15 is 0 Å². The largest absolute Gasteiger partial charge is 0.308 e. The van der Waals surface area contributed by atoms with Crippen LogP contribution in [0.1, 0.15) is 48.4 Å². The Bertz CT molecular complexity index is 774. The van der Waals surface area contributed by atoms with Crippen LogP contribution in [0, 0.1) is 0 Å². The van der Waals surface area contributed by atoms with Crippen molar-refractivity contribution in [1.29, 1.82) is 0 Å². The lowest BCUT2D eigenvalue weighted by Crippen LogP contribution is -2.58. The fourth-order valence-electron chi connectivity index (χ4n) is 5.60. The number of hydrogen-bond acceptors (Lipinski definition) is 3. The summed E-state index contributed by atoms with van der Waals surface area (Å²) in [5.41, 5.74) is 4.54. The van der Waals surface area contributed by atoms with Gasteiger partial charge in [-0.25, -0.2) is 0 Å². The van der Waals surface area contributed by atoms with Crippen LogP contribution < -0.4 is 5.32 Å². The van der Waals surface area contributed by atoms with Gasteiger partial charge in [-0.1, -0.05) is 54.6 Å². The van der Waals surface area contributed by atoms with Crippen LogP contribution in [0.4, 0.5) is 0 Å². The van der Waals surface area contributed by atoms with Gasteiger partial charge in [-0.05, 0) is 55.3 Å². The van der Waals surface area contributed by atoms with E-state index in [9.17, 15) is 0 Å². The summed E-state index contributed by atoms with van der Waals surface area (Å²) in [6, 6.07) is 22.0. The molecule has 0 bridgehead atoms. The van der Waals surface area contributed by atoms with Gasteiger partial charge in [0.1, 0.15) is 0 Å². The summed E-state index contributed by atoms with van der Waals surface area (Å²) >= 11 is 0. The summed E-state index contributed by atoms with van der Waals surface area (Å²) in [5, 5.41) is 3.97. The fourth-order valence-corrected chi connectivity index (χ4v) is 5.60. The molecule has 0 unspecified atom stereocenters. The molecule has 0 spiro atoms. The van der Waals surface area contributed by atoms with Crippen LogP contribution in [0.3, 0.4) is 0 Å². The molecule has 2 aromatic carbocycles. The normalized spacial score (nSPS) is 28.1. The zero-order valence-corrected chi connectivity index (χ0v) is 16.9. The smallest absolute Gasteiger partial charge is 0.0352 e. The molecule has 5 rings (SSSR count). The van der Waals surface area contributed by atoms with Gasteiger partial charge in [0.05, 0.1) is 0 Å². The van der Waals surface area contributed by atoms with Crippen LogP contribution in [0.15, 0.2) is 54.6 Å². The zero-order chi connectivity index (χ0) is 18.8. The lowest BCUT2D eigenvalue weighted by Gasteiger charge is -2.44. The highest BCUT2D eigenvalue weighted by molar-refractivity contribution is 5.32. The van der Waals surface area contributed by atoms with E-state index < -0.39 is 0 Å². The predicted octanol–water partition coefficient (Wildman–Crippen LogP) is 4.00. The van der Waals surface area contributed by atoms with Crippen LogP contribution >= 0.6 is 0 Å². The molecule has 3 heteroatoms. The molecule has 2 saturated heterocycles. The Kier molecular flexibility index (Phi) is 5.48. The van der Waals surface area contributed by atoms with Crippen molar-refractivity contribution in [2.24, 2.45) is 0 Å². The minimum absolute atomic E-state index is 0.528. The first kappa shape index (κ1) is 18.4. The molecular weight excluding hydrogens is 342 g/mol. The number of piperazine rings is 1. The average Bonchev–Trinajstić information content (AvgIpc) is 3.20. The van der Waals surface area contributed by atoms with Gasteiger partial charge in [-0.3, -0.25) is 9.80 Å². The maximum Gasteiger partial charge on any atom is 0.0352 e. The molecule has 28 heavy (non-hydrogen) atoms. The third-order valence-electron chi connectivity index (χ3n) is 7.10. The van der Waals surface area contributed by atoms with Gasteiger partial charge in [0.15, 0.2) is 0 Å². The number of fused-ring (bicyclic) bond motifs is 2. The second kappa shape index (κ2) is 8.36. The number of nitrogens with one attached hydrogen (secondary N) is 1. The molecule has 1 aliphatic carbocycles. The molecule has 3 atom stereocenters. The van der Waals surface area contributed by atoms with Crippen molar-refractivity contribution in [3.05, 3.63) is 71.3 Å². The number of rotatable bonds is 5. The summed E-state index contributed by atoms with van der Waals surface area (Å²) < 4.78 is 0. The van der Waals surface area contributed by atoms with E-state index in [1.807, 2.05) is 0 Å². The van der Waals surface area contributed by atoms with Crippen molar-refractivity contribution in [3.63, 3.8) is 0 Å². The van der Waals surface area contributed by atoms with E-state index in [1.54, 1.807) is 11.1 Å². The molecule has 0 saturated carbocycles. The molecule has 3 nitrogen and oxygen atoms in total. The molecule has 148 valence electrons. The molecule has 1 N–H and O–H groups in total. The van der Waals surface area contributed by atoms with Gasteiger partial charge in [-0.2, -0.15) is 0 Å². The SMILES string of the molecule is c1ccc(CN2C[C@H]3CCCN3C[C@H]2CN[C@@H]2CCCc3ccccc32)cc1. The lowest BCUT2D eigenvalue weighted by atomic mass is 9.87. The van der Waals surface area contributed by atoms with E-state index in [2.05, 4.69) is 69.7 Å². The molecule has 2 aliphatic heterocycles. The number of hydrogen-bond donors (Lipinski definition) is 1. The second-order valence-electron chi connectivity index (χ2n) is 8.91. The summed E-state index contributed by atoms with van der Waals surface area (Å²) in [4.78, 5) is 5.51. The third kappa shape index (κ3) is 3.89. The van der Waals surface area contributed by atoms with Gasteiger partial charge in [0.25, 0.3) is 0 Å². The van der Waals surface area contributed by atoms with Crippen molar-refractivity contribution in [2.75, 3.05) is 26.2 Å². The zero-order valence-electron chi connectivity index (χ0n) is 16.9. The molecular formula is C25H33N3. The summed E-state index contributed by atoms with van der Waals surface area (Å²) in [5.74, 6) is 0. The first-order valence-electron chi connectivity index (χ1n) is 11.2. The second-order valence-corrected chi connectivity index (χ2v) is 8.91. The Balaban J connectivity index is 1.29. The number of aryl methyl sites for hydroxylation is 1. The topological polar surface area (TPSA) is 18.5 Å². The summed E-state index contributed by atoms with van der Waals surface area (Å²) in [6.45, 7) is 5.92. The van der Waals surface area contributed by atoms with Crippen LogP contribution in [-0.4, -0.2) is 48.1 Å². The van der Waals surface area contributed by atoms with E-state index in [-0.39, 0.29) is 0 Å². The highest BCUT2D eigenvalue weighted by Crippen LogP contribution is 2.30. The minimum Gasteiger partial charge on any atom is -0.308 e. The Hall–Kier alpha value is -1.68. The van der Waals surface area contributed by atoms with Gasteiger partial charge >= 0.3 is 0 Å². The summed E-state index contributed by atoms with van der Waals surface area (Å²) in [7, 11) is 0. The lowest BCUT2D eigenvalue weighted by molar-refractivity contribution is 0.0438. The molecule has 0 amide bonds. The van der Waals surface area contributed by atoms with Gasteiger partial charge < -0.3 is 5.32 Å². The Morgan fingerprint density at radius 2 is 1.75 bits per heavy atom. The fraction of sp³-hybridized carbons (Fsp3) is 0.520. The van der Waals surface area contributed by atoms with Crippen LogP contribution in [-0.2, 0) is 13.0 Å². The van der Waals surface area contributed by atoms with Crippen molar-refractivity contribution in [2.45, 2.75) is 56.8 Å². The summed E-state index contributed by atoms with van der Waals surface area (Å²) in [6.07, 6.45) is 6.57. The van der Waals surface area contributed by atoms with Gasteiger partial charge in [0, 0.05) is 44.3 Å². The monoisotopic (exact) mass is 375 g/mol. The average molecular weight is 376 g/mol. The first-order valence-corrected chi connectivity index (χ1v) is 11.2. The van der Waals surface area contributed by atoms with E-state index in [0.717, 1.165) is 19.1 Å². The molecule has 2 heterocycles. The molecule has 2 aromatic rings. The Morgan fingerprint density at radius 1 is 0.893 bits per heavy atom. The van der Waals surface area contributed by atoms with Crippen molar-refractivity contribution >= 4 is 0 Å². The van der Waals surface area contributed by atoms with E-state index in [4.69, 9.17) is 0 Å². The molecule has 2 fully saturated rings. The highest BCUT2D eigenvalue weighted by atomic mass is 15.3. The van der Waals surface area contributed by atoms with E-state index in [0.29, 0.717) is 12.1 Å². The van der Waals surface area contributed by atoms with E-state index in [1.165, 1.54) is 57.3 Å². The third-order valence-corrected chi connectivity index (χ3v) is 7.10. The maximum atomic E-state index is 3.97. The minimum atomic E-state index is 0.528. The highest BCUT2D eigenvalue weighted by Gasteiger charge is 2.36. The molecule has 0 aromatic heterocycles. The molecule has 3 aliphatic rings. The van der Waals surface area contributed by atoms with Gasteiger partial charge in [-0.15, -0.1) is 0 Å². The van der Waals surface area contributed by atoms with Crippen LogP contribution in [0.2, 0.25) is 0 Å².